The van der Waals surface area contributed by atoms with E-state index in [0.29, 0.717) is 19.4 Å². The number of rotatable bonds is 44. The van der Waals surface area contributed by atoms with E-state index in [0.717, 1.165) is 64.2 Å². The van der Waals surface area contributed by atoms with Crippen LogP contribution < -0.4 is 0 Å². The van der Waals surface area contributed by atoms with E-state index in [1.54, 1.807) is 0 Å². The van der Waals surface area contributed by atoms with Crippen molar-refractivity contribution < 1.29 is 23.8 Å². The molecule has 0 amide bonds. The van der Waals surface area contributed by atoms with Gasteiger partial charge in [-0.3, -0.25) is 9.59 Å². The molecule has 0 radical (unpaired) electrons. The number of allylic oxidation sites excluding steroid dienone is 8. The van der Waals surface area contributed by atoms with Crippen molar-refractivity contribution in [1.29, 1.82) is 0 Å². The van der Waals surface area contributed by atoms with Gasteiger partial charge in [-0.1, -0.05) is 217 Å². The van der Waals surface area contributed by atoms with Crippen molar-refractivity contribution in [3.05, 3.63) is 48.6 Å². The average Bonchev–Trinajstić information content (AvgIpc) is 3.20. The lowest BCUT2D eigenvalue weighted by molar-refractivity contribution is -0.163. The zero-order chi connectivity index (χ0) is 40.7. The predicted molar refractivity (Wildman–Crippen MR) is 242 cm³/mol. The lowest BCUT2D eigenvalue weighted by Gasteiger charge is -2.18. The van der Waals surface area contributed by atoms with Crippen LogP contribution in [0.4, 0.5) is 0 Å². The number of carbonyl (C=O) groups excluding carboxylic acids is 2. The molecule has 326 valence electrons. The van der Waals surface area contributed by atoms with Crippen molar-refractivity contribution in [3.63, 3.8) is 0 Å². The van der Waals surface area contributed by atoms with E-state index >= 15 is 0 Å². The molecule has 0 aromatic heterocycles. The minimum Gasteiger partial charge on any atom is -0.462 e. The van der Waals surface area contributed by atoms with Gasteiger partial charge < -0.3 is 14.2 Å². The van der Waals surface area contributed by atoms with Gasteiger partial charge in [0.15, 0.2) is 6.10 Å². The van der Waals surface area contributed by atoms with Crippen LogP contribution in [-0.2, 0) is 23.8 Å². The molecule has 0 aliphatic heterocycles. The van der Waals surface area contributed by atoms with Gasteiger partial charge in [0.2, 0.25) is 0 Å². The summed E-state index contributed by atoms with van der Waals surface area (Å²) in [7, 11) is 0. The van der Waals surface area contributed by atoms with E-state index in [1.165, 1.54) is 141 Å². The summed E-state index contributed by atoms with van der Waals surface area (Å²) in [6.45, 7) is 7.69. The first-order valence-corrected chi connectivity index (χ1v) is 24.2. The Morgan fingerprint density at radius 3 is 1.29 bits per heavy atom. The zero-order valence-corrected chi connectivity index (χ0v) is 37.4. The fraction of sp³-hybridized carbons (Fsp3) is 0.804. The lowest BCUT2D eigenvalue weighted by atomic mass is 10.1. The van der Waals surface area contributed by atoms with E-state index in [4.69, 9.17) is 14.2 Å². The number of carbonyl (C=O) groups is 2. The Labute approximate surface area is 348 Å². The molecule has 0 aromatic carbocycles. The second kappa shape index (κ2) is 47.2. The highest BCUT2D eigenvalue weighted by molar-refractivity contribution is 5.70. The maximum Gasteiger partial charge on any atom is 0.306 e. The van der Waals surface area contributed by atoms with Crippen molar-refractivity contribution in [2.45, 2.75) is 245 Å². The Morgan fingerprint density at radius 2 is 0.804 bits per heavy atom. The van der Waals surface area contributed by atoms with Crippen molar-refractivity contribution >= 4 is 11.9 Å². The third kappa shape index (κ3) is 44.6. The average molecular weight is 785 g/mol. The van der Waals surface area contributed by atoms with Crippen molar-refractivity contribution in [1.82, 2.24) is 0 Å². The Kier molecular flexibility index (Phi) is 45.4. The molecule has 0 aromatic rings. The number of esters is 2. The van der Waals surface area contributed by atoms with Gasteiger partial charge in [0.1, 0.15) is 6.61 Å². The van der Waals surface area contributed by atoms with E-state index in [2.05, 4.69) is 69.4 Å². The van der Waals surface area contributed by atoms with Crippen LogP contribution in [0.2, 0.25) is 0 Å². The second-order valence-corrected chi connectivity index (χ2v) is 16.0. The van der Waals surface area contributed by atoms with Gasteiger partial charge in [0.25, 0.3) is 0 Å². The Bertz CT molecular complexity index is 935. The van der Waals surface area contributed by atoms with Gasteiger partial charge in [0, 0.05) is 19.4 Å². The number of unbranched alkanes of at least 4 members (excludes halogenated alkanes) is 25. The second-order valence-electron chi connectivity index (χ2n) is 16.0. The summed E-state index contributed by atoms with van der Waals surface area (Å²) in [4.78, 5) is 25.2. The van der Waals surface area contributed by atoms with Gasteiger partial charge >= 0.3 is 11.9 Å². The lowest BCUT2D eigenvalue weighted by Crippen LogP contribution is -2.30. The summed E-state index contributed by atoms with van der Waals surface area (Å²) >= 11 is 0. The topological polar surface area (TPSA) is 61.8 Å². The van der Waals surface area contributed by atoms with Gasteiger partial charge in [0.05, 0.1) is 6.61 Å². The number of hydrogen-bond donors (Lipinski definition) is 0. The van der Waals surface area contributed by atoms with Crippen LogP contribution in [0.3, 0.4) is 0 Å². The summed E-state index contributed by atoms with van der Waals surface area (Å²) in [6.07, 6.45) is 56.9. The summed E-state index contributed by atoms with van der Waals surface area (Å²) in [5.74, 6) is -0.399. The van der Waals surface area contributed by atoms with Crippen LogP contribution in [0.25, 0.3) is 0 Å². The fourth-order valence-corrected chi connectivity index (χ4v) is 6.80. The molecule has 0 fully saturated rings. The van der Waals surface area contributed by atoms with E-state index < -0.39 is 6.10 Å². The molecule has 0 spiro atoms. The molecular formula is C51H92O5. The summed E-state index contributed by atoms with van der Waals surface area (Å²) in [5.41, 5.74) is 0. The van der Waals surface area contributed by atoms with Crippen LogP contribution in [0.1, 0.15) is 239 Å². The van der Waals surface area contributed by atoms with Crippen molar-refractivity contribution in [2.24, 2.45) is 0 Å². The highest BCUT2D eigenvalue weighted by Gasteiger charge is 2.17. The summed E-state index contributed by atoms with van der Waals surface area (Å²) in [5, 5.41) is 0. The first-order valence-electron chi connectivity index (χ1n) is 24.2. The van der Waals surface area contributed by atoms with Crippen LogP contribution >= 0.6 is 0 Å². The largest absolute Gasteiger partial charge is 0.462 e. The van der Waals surface area contributed by atoms with Crippen molar-refractivity contribution in [3.8, 4) is 0 Å². The molecule has 0 saturated carbocycles. The molecule has 1 unspecified atom stereocenters. The predicted octanol–water partition coefficient (Wildman–Crippen LogP) is 16.0. The van der Waals surface area contributed by atoms with Gasteiger partial charge in [-0.15, -0.1) is 0 Å². The molecule has 0 aliphatic rings. The number of hydrogen-bond acceptors (Lipinski definition) is 5. The third-order valence-corrected chi connectivity index (χ3v) is 10.4. The maximum atomic E-state index is 12.7. The minimum absolute atomic E-state index is 0.0846. The summed E-state index contributed by atoms with van der Waals surface area (Å²) < 4.78 is 17.3. The van der Waals surface area contributed by atoms with Crippen LogP contribution in [0.15, 0.2) is 48.6 Å². The molecular weight excluding hydrogens is 693 g/mol. The molecule has 0 heterocycles. The Morgan fingerprint density at radius 1 is 0.411 bits per heavy atom. The standard InChI is InChI=1S/C51H92O5/c1-4-7-10-13-16-19-21-22-23-24-25-26-27-28-29-31-34-37-40-43-46-54-47-49(56-51(53)45-42-39-36-32-18-15-12-9-6-3)48-55-50(52)44-41-38-35-33-30-20-17-14-11-8-5-2/h7,10,16,19,22-23,25-26,49H,4-6,8-9,11-15,17-18,20-21,24,27-48H2,1-3H3/b10-7-,19-16-,23-22-,26-25-. The highest BCUT2D eigenvalue weighted by atomic mass is 16.6. The van der Waals surface area contributed by atoms with Gasteiger partial charge in [-0.25, -0.2) is 0 Å². The monoisotopic (exact) mass is 785 g/mol. The van der Waals surface area contributed by atoms with Crippen LogP contribution in [0, 0.1) is 0 Å². The van der Waals surface area contributed by atoms with E-state index in [1.807, 2.05) is 0 Å². The van der Waals surface area contributed by atoms with Gasteiger partial charge in [-0.05, 0) is 57.8 Å². The van der Waals surface area contributed by atoms with E-state index in [-0.39, 0.29) is 25.2 Å². The summed E-state index contributed by atoms with van der Waals surface area (Å²) in [6, 6.07) is 0. The first kappa shape index (κ1) is 53.9. The molecule has 56 heavy (non-hydrogen) atoms. The van der Waals surface area contributed by atoms with Crippen molar-refractivity contribution in [2.75, 3.05) is 19.8 Å². The molecule has 0 N–H and O–H groups in total. The molecule has 0 aliphatic carbocycles. The number of ether oxygens (including phenoxy) is 3. The normalized spacial score (nSPS) is 12.6. The quantitative estimate of drug-likeness (QED) is 0.0350. The smallest absolute Gasteiger partial charge is 0.306 e. The minimum atomic E-state index is -0.535. The fourth-order valence-electron chi connectivity index (χ4n) is 6.80. The molecule has 1 atom stereocenters. The molecule has 0 bridgehead atoms. The third-order valence-electron chi connectivity index (χ3n) is 10.4. The SMILES string of the molecule is CC/C=C\C/C=C\C/C=C\C/C=C\CCCCCCCCCOCC(COC(=O)CCCCCCCCCCCCC)OC(=O)CCCCCCCCCCC. The maximum absolute atomic E-state index is 12.7. The zero-order valence-electron chi connectivity index (χ0n) is 37.4. The highest BCUT2D eigenvalue weighted by Crippen LogP contribution is 2.14. The first-order chi connectivity index (χ1) is 27.6. The molecule has 0 rings (SSSR count). The molecule has 0 saturated heterocycles. The Hall–Kier alpha value is -2.14. The van der Waals surface area contributed by atoms with Crippen LogP contribution in [0.5, 0.6) is 0 Å². The van der Waals surface area contributed by atoms with Gasteiger partial charge in [-0.2, -0.15) is 0 Å². The van der Waals surface area contributed by atoms with E-state index in [9.17, 15) is 9.59 Å². The molecule has 5 heteroatoms. The van der Waals surface area contributed by atoms with Crippen LogP contribution in [-0.4, -0.2) is 37.9 Å². The Balaban J connectivity index is 4.17. The molecule has 5 nitrogen and oxygen atoms in total.